The van der Waals surface area contributed by atoms with Gasteiger partial charge in [0.2, 0.25) is 0 Å². The van der Waals surface area contributed by atoms with Crippen molar-refractivity contribution in [3.8, 4) is 0 Å². The van der Waals surface area contributed by atoms with Crippen LogP contribution in [0.4, 0.5) is 0 Å². The average molecular weight is 217 g/mol. The molecule has 0 fully saturated rings. The Hall–Kier alpha value is -1.68. The highest BCUT2D eigenvalue weighted by Gasteiger charge is 2.19. The standard InChI is InChI=1S/C12H15N3O/c1-7-8(2)16-9(3)11(7)12(13)10-4-14-6-15-5-10/h4-6,12H,13H2,1-3H3. The maximum atomic E-state index is 6.19. The number of hydrogen-bond acceptors (Lipinski definition) is 4. The van der Waals surface area contributed by atoms with E-state index >= 15 is 0 Å². The van der Waals surface area contributed by atoms with Crippen molar-refractivity contribution in [3.05, 3.63) is 46.9 Å². The van der Waals surface area contributed by atoms with E-state index in [9.17, 15) is 0 Å². The predicted molar refractivity (Wildman–Crippen MR) is 61.0 cm³/mol. The first kappa shape index (κ1) is 10.8. The van der Waals surface area contributed by atoms with Crippen LogP contribution < -0.4 is 5.73 Å². The first-order chi connectivity index (χ1) is 7.61. The van der Waals surface area contributed by atoms with Gasteiger partial charge in [0.05, 0.1) is 6.04 Å². The number of furan rings is 1. The van der Waals surface area contributed by atoms with E-state index in [2.05, 4.69) is 9.97 Å². The van der Waals surface area contributed by atoms with E-state index in [0.717, 1.165) is 28.2 Å². The summed E-state index contributed by atoms with van der Waals surface area (Å²) in [4.78, 5) is 7.95. The highest BCUT2D eigenvalue weighted by molar-refractivity contribution is 5.38. The van der Waals surface area contributed by atoms with Crippen LogP contribution in [0, 0.1) is 20.8 Å². The smallest absolute Gasteiger partial charge is 0.115 e. The third-order valence-corrected chi connectivity index (χ3v) is 2.87. The van der Waals surface area contributed by atoms with Gasteiger partial charge in [0.1, 0.15) is 17.8 Å². The molecule has 2 rings (SSSR count). The second-order valence-electron chi connectivity index (χ2n) is 3.90. The van der Waals surface area contributed by atoms with Crippen LogP contribution in [-0.4, -0.2) is 9.97 Å². The Kier molecular flexibility index (Phi) is 2.75. The molecule has 4 nitrogen and oxygen atoms in total. The minimum atomic E-state index is -0.223. The fraction of sp³-hybridized carbons (Fsp3) is 0.333. The minimum Gasteiger partial charge on any atom is -0.466 e. The quantitative estimate of drug-likeness (QED) is 0.836. The summed E-state index contributed by atoms with van der Waals surface area (Å²) in [7, 11) is 0. The molecule has 1 atom stereocenters. The molecule has 2 aromatic heterocycles. The lowest BCUT2D eigenvalue weighted by molar-refractivity contribution is 0.498. The molecule has 16 heavy (non-hydrogen) atoms. The molecule has 0 amide bonds. The van der Waals surface area contributed by atoms with Crippen LogP contribution in [0.25, 0.3) is 0 Å². The topological polar surface area (TPSA) is 64.9 Å². The number of aryl methyl sites for hydroxylation is 2. The molecule has 0 saturated carbocycles. The SMILES string of the molecule is Cc1oc(C)c(C(N)c2cncnc2)c1C. The molecule has 0 spiro atoms. The van der Waals surface area contributed by atoms with E-state index in [-0.39, 0.29) is 6.04 Å². The van der Waals surface area contributed by atoms with Gasteiger partial charge >= 0.3 is 0 Å². The van der Waals surface area contributed by atoms with Crippen molar-refractivity contribution in [2.24, 2.45) is 5.73 Å². The molecule has 84 valence electrons. The lowest BCUT2D eigenvalue weighted by Gasteiger charge is -2.11. The fourth-order valence-electron chi connectivity index (χ4n) is 1.90. The van der Waals surface area contributed by atoms with Gasteiger partial charge in [-0.1, -0.05) is 0 Å². The van der Waals surface area contributed by atoms with E-state index in [1.54, 1.807) is 12.4 Å². The minimum absolute atomic E-state index is 0.223. The first-order valence-electron chi connectivity index (χ1n) is 5.18. The molecule has 0 saturated heterocycles. The van der Waals surface area contributed by atoms with Gasteiger partial charge in [-0.2, -0.15) is 0 Å². The maximum Gasteiger partial charge on any atom is 0.115 e. The van der Waals surface area contributed by atoms with Crippen molar-refractivity contribution in [1.29, 1.82) is 0 Å². The zero-order valence-corrected chi connectivity index (χ0v) is 9.69. The fourth-order valence-corrected chi connectivity index (χ4v) is 1.90. The monoisotopic (exact) mass is 217 g/mol. The van der Waals surface area contributed by atoms with Crippen molar-refractivity contribution < 1.29 is 4.42 Å². The summed E-state index contributed by atoms with van der Waals surface area (Å²) in [5.74, 6) is 1.78. The first-order valence-corrected chi connectivity index (χ1v) is 5.18. The van der Waals surface area contributed by atoms with Crippen LogP contribution >= 0.6 is 0 Å². The van der Waals surface area contributed by atoms with Crippen LogP contribution in [-0.2, 0) is 0 Å². The molecule has 4 heteroatoms. The van der Waals surface area contributed by atoms with Gasteiger partial charge in [0.15, 0.2) is 0 Å². The molecule has 2 heterocycles. The third kappa shape index (κ3) is 1.72. The van der Waals surface area contributed by atoms with E-state index in [1.165, 1.54) is 6.33 Å². The van der Waals surface area contributed by atoms with Crippen molar-refractivity contribution in [2.75, 3.05) is 0 Å². The Balaban J connectivity index is 2.45. The summed E-state index contributed by atoms with van der Waals surface area (Å²) in [6.45, 7) is 5.89. The van der Waals surface area contributed by atoms with Gasteiger partial charge in [-0.05, 0) is 26.3 Å². The van der Waals surface area contributed by atoms with Gasteiger partial charge in [0.25, 0.3) is 0 Å². The van der Waals surface area contributed by atoms with Crippen molar-refractivity contribution >= 4 is 0 Å². The van der Waals surface area contributed by atoms with Gasteiger partial charge in [-0.3, -0.25) is 0 Å². The zero-order valence-electron chi connectivity index (χ0n) is 9.69. The van der Waals surface area contributed by atoms with Crippen LogP contribution in [0.5, 0.6) is 0 Å². The van der Waals surface area contributed by atoms with E-state index in [1.807, 2.05) is 20.8 Å². The van der Waals surface area contributed by atoms with Crippen LogP contribution in [0.2, 0.25) is 0 Å². The molecule has 0 aromatic carbocycles. The molecular weight excluding hydrogens is 202 g/mol. The molecule has 2 N–H and O–H groups in total. The summed E-state index contributed by atoms with van der Waals surface area (Å²) in [5.41, 5.74) is 9.23. The summed E-state index contributed by atoms with van der Waals surface area (Å²) in [6, 6.07) is -0.223. The normalized spacial score (nSPS) is 12.8. The lowest BCUT2D eigenvalue weighted by atomic mass is 9.98. The van der Waals surface area contributed by atoms with Crippen LogP contribution in [0.1, 0.15) is 34.3 Å². The molecule has 2 aromatic rings. The van der Waals surface area contributed by atoms with Crippen molar-refractivity contribution in [1.82, 2.24) is 9.97 Å². The molecular formula is C12H15N3O. The number of nitrogens with two attached hydrogens (primary N) is 1. The highest BCUT2D eigenvalue weighted by Crippen LogP contribution is 2.28. The Bertz CT molecular complexity index is 490. The second kappa shape index (κ2) is 4.06. The van der Waals surface area contributed by atoms with Gasteiger partial charge < -0.3 is 10.2 Å². The number of nitrogens with zero attached hydrogens (tertiary/aromatic N) is 2. The third-order valence-electron chi connectivity index (χ3n) is 2.87. The van der Waals surface area contributed by atoms with E-state index < -0.39 is 0 Å². The Morgan fingerprint density at radius 3 is 2.25 bits per heavy atom. The molecule has 0 aliphatic heterocycles. The van der Waals surface area contributed by atoms with Gasteiger partial charge in [0, 0.05) is 23.5 Å². The Morgan fingerprint density at radius 1 is 1.12 bits per heavy atom. The van der Waals surface area contributed by atoms with Crippen LogP contribution in [0.3, 0.4) is 0 Å². The summed E-state index contributed by atoms with van der Waals surface area (Å²) in [5, 5.41) is 0. The highest BCUT2D eigenvalue weighted by atomic mass is 16.3. The molecule has 0 radical (unpaired) electrons. The number of hydrogen-bond donors (Lipinski definition) is 1. The molecule has 0 bridgehead atoms. The Labute approximate surface area is 94.5 Å². The number of aromatic nitrogens is 2. The molecule has 0 aliphatic carbocycles. The van der Waals surface area contributed by atoms with Crippen LogP contribution in [0.15, 0.2) is 23.1 Å². The van der Waals surface area contributed by atoms with Gasteiger partial charge in [-0.15, -0.1) is 0 Å². The van der Waals surface area contributed by atoms with Crippen molar-refractivity contribution in [2.45, 2.75) is 26.8 Å². The predicted octanol–water partition coefficient (Wildman–Crippen LogP) is 2.04. The Morgan fingerprint density at radius 2 is 1.75 bits per heavy atom. The average Bonchev–Trinajstić information content (AvgIpc) is 2.54. The van der Waals surface area contributed by atoms with Crippen molar-refractivity contribution in [3.63, 3.8) is 0 Å². The maximum absolute atomic E-state index is 6.19. The summed E-state index contributed by atoms with van der Waals surface area (Å²) < 4.78 is 5.57. The van der Waals surface area contributed by atoms with E-state index in [0.29, 0.717) is 0 Å². The second-order valence-corrected chi connectivity index (χ2v) is 3.90. The van der Waals surface area contributed by atoms with Gasteiger partial charge in [-0.25, -0.2) is 9.97 Å². The largest absolute Gasteiger partial charge is 0.466 e. The molecule has 1 unspecified atom stereocenters. The summed E-state index contributed by atoms with van der Waals surface area (Å²) >= 11 is 0. The number of rotatable bonds is 2. The lowest BCUT2D eigenvalue weighted by Crippen LogP contribution is -2.13. The van der Waals surface area contributed by atoms with E-state index in [4.69, 9.17) is 10.2 Å². The summed E-state index contributed by atoms with van der Waals surface area (Å²) in [6.07, 6.45) is 4.97. The molecule has 0 aliphatic rings. The zero-order chi connectivity index (χ0) is 11.7.